The van der Waals surface area contributed by atoms with Gasteiger partial charge in [0.05, 0.1) is 5.69 Å². The molecule has 0 aliphatic heterocycles. The fourth-order valence-electron chi connectivity index (χ4n) is 2.99. The van der Waals surface area contributed by atoms with Crippen molar-refractivity contribution in [2.75, 3.05) is 17.2 Å². The summed E-state index contributed by atoms with van der Waals surface area (Å²) in [5.74, 6) is 0.338. The molecule has 0 spiro atoms. The Morgan fingerprint density at radius 1 is 1.00 bits per heavy atom. The van der Waals surface area contributed by atoms with E-state index in [1.165, 1.54) is 18.2 Å². The van der Waals surface area contributed by atoms with Crippen LogP contribution in [0.25, 0.3) is 0 Å². The second-order valence-corrected chi connectivity index (χ2v) is 8.60. The first kappa shape index (κ1) is 22.6. The monoisotopic (exact) mass is 443 g/mol. The lowest BCUT2D eigenvalue weighted by Gasteiger charge is -2.18. The van der Waals surface area contributed by atoms with Crippen LogP contribution in [0, 0.1) is 5.82 Å². The number of ether oxygens (including phenoxy) is 1. The van der Waals surface area contributed by atoms with Crippen molar-refractivity contribution in [1.82, 2.24) is 0 Å². The molecule has 0 amide bonds. The molecule has 3 aromatic rings. The Hall–Kier alpha value is -3.10. The van der Waals surface area contributed by atoms with Gasteiger partial charge in [0.2, 0.25) is 10.0 Å². The predicted octanol–water partition coefficient (Wildman–Crippen LogP) is 5.09. The van der Waals surface area contributed by atoms with E-state index in [9.17, 15) is 12.8 Å². The molecule has 4 N–H and O–H groups in total. The van der Waals surface area contributed by atoms with E-state index in [0.29, 0.717) is 35.8 Å². The highest BCUT2D eigenvalue weighted by Crippen LogP contribution is 2.37. The zero-order valence-corrected chi connectivity index (χ0v) is 18.1. The molecule has 6 nitrogen and oxygen atoms in total. The van der Waals surface area contributed by atoms with Crippen molar-refractivity contribution in [3.8, 4) is 11.5 Å². The number of hydrogen-bond donors (Lipinski definition) is 3. The van der Waals surface area contributed by atoms with Crippen LogP contribution in [0.15, 0.2) is 71.6 Å². The molecule has 3 aromatic carbocycles. The van der Waals surface area contributed by atoms with E-state index in [0.717, 1.165) is 12.8 Å². The molecule has 0 unspecified atom stereocenters. The predicted molar refractivity (Wildman–Crippen MR) is 121 cm³/mol. The second kappa shape index (κ2) is 10.3. The van der Waals surface area contributed by atoms with E-state index < -0.39 is 10.0 Å². The van der Waals surface area contributed by atoms with Gasteiger partial charge >= 0.3 is 0 Å². The molecular formula is C23H26FN3O3S. The van der Waals surface area contributed by atoms with Crippen molar-refractivity contribution in [2.45, 2.75) is 31.2 Å². The van der Waals surface area contributed by atoms with Crippen LogP contribution < -0.4 is 20.5 Å². The van der Waals surface area contributed by atoms with E-state index in [4.69, 9.17) is 9.88 Å². The fourth-order valence-corrected chi connectivity index (χ4v) is 3.71. The molecule has 3 rings (SSSR count). The van der Waals surface area contributed by atoms with Gasteiger partial charge in [-0.3, -0.25) is 0 Å². The van der Waals surface area contributed by atoms with E-state index in [2.05, 4.69) is 17.6 Å². The van der Waals surface area contributed by atoms with E-state index in [1.807, 2.05) is 12.1 Å². The van der Waals surface area contributed by atoms with Gasteiger partial charge in [0.15, 0.2) is 5.75 Å². The molecule has 0 bridgehead atoms. The number of para-hydroxylation sites is 1. The normalized spacial score (nSPS) is 11.2. The van der Waals surface area contributed by atoms with Crippen LogP contribution in [0.3, 0.4) is 0 Å². The molecule has 31 heavy (non-hydrogen) atoms. The van der Waals surface area contributed by atoms with Crippen LogP contribution >= 0.6 is 0 Å². The maximum absolute atomic E-state index is 13.1. The molecule has 0 atom stereocenters. The maximum atomic E-state index is 13.1. The molecule has 0 aromatic heterocycles. The Morgan fingerprint density at radius 2 is 1.71 bits per heavy atom. The lowest BCUT2D eigenvalue weighted by molar-refractivity contribution is 0.469. The van der Waals surface area contributed by atoms with Gasteiger partial charge in [-0.15, -0.1) is 0 Å². The highest BCUT2D eigenvalue weighted by atomic mass is 32.2. The van der Waals surface area contributed by atoms with Crippen LogP contribution in [0.5, 0.6) is 11.5 Å². The molecule has 0 fully saturated rings. The summed E-state index contributed by atoms with van der Waals surface area (Å²) in [5, 5.41) is 12.0. The number of rotatable bonds is 10. The summed E-state index contributed by atoms with van der Waals surface area (Å²) in [6, 6.07) is 18.2. The van der Waals surface area contributed by atoms with Gasteiger partial charge in [-0.2, -0.15) is 0 Å². The summed E-state index contributed by atoms with van der Waals surface area (Å²) in [6.07, 6.45) is 1.89. The van der Waals surface area contributed by atoms with E-state index >= 15 is 0 Å². The summed E-state index contributed by atoms with van der Waals surface area (Å²) in [7, 11) is -4.06. The second-order valence-electron chi connectivity index (χ2n) is 7.07. The first-order chi connectivity index (χ1) is 14.9. The lowest BCUT2D eigenvalue weighted by Crippen LogP contribution is -2.16. The van der Waals surface area contributed by atoms with Crippen LogP contribution in [-0.2, 0) is 16.6 Å². The summed E-state index contributed by atoms with van der Waals surface area (Å²) in [6.45, 7) is 3.05. The lowest BCUT2D eigenvalue weighted by atomic mass is 10.1. The Kier molecular flexibility index (Phi) is 7.49. The molecule has 0 saturated heterocycles. The van der Waals surface area contributed by atoms with Crippen molar-refractivity contribution in [2.24, 2.45) is 5.14 Å². The Bertz CT molecular complexity index is 1100. The number of unbranched alkanes of at least 4 members (excludes halogenated alkanes) is 1. The first-order valence-electron chi connectivity index (χ1n) is 10.0. The van der Waals surface area contributed by atoms with Crippen LogP contribution in [-0.4, -0.2) is 15.0 Å². The highest BCUT2D eigenvalue weighted by molar-refractivity contribution is 7.89. The third kappa shape index (κ3) is 6.44. The zero-order valence-electron chi connectivity index (χ0n) is 17.3. The molecule has 0 aliphatic rings. The Labute approximate surface area is 182 Å². The van der Waals surface area contributed by atoms with Crippen molar-refractivity contribution >= 4 is 21.4 Å². The number of sulfonamides is 1. The van der Waals surface area contributed by atoms with Crippen LogP contribution in [0.2, 0.25) is 0 Å². The maximum Gasteiger partial charge on any atom is 0.241 e. The minimum atomic E-state index is -4.06. The van der Waals surface area contributed by atoms with Gasteiger partial charge in [-0.1, -0.05) is 31.5 Å². The molecule has 0 radical (unpaired) electrons. The Morgan fingerprint density at radius 3 is 2.35 bits per heavy atom. The van der Waals surface area contributed by atoms with Crippen molar-refractivity contribution in [3.05, 3.63) is 78.1 Å². The molecule has 0 aliphatic carbocycles. The standard InChI is InChI=1S/C23H26FN3O3S/c1-2-3-13-26-21-14-17(16-27-19-11-9-18(24)10-12-19)15-22(31(25,28)29)23(21)30-20-7-5-4-6-8-20/h4-12,14-15,26-27H,2-3,13,16H2,1H3,(H2,25,28,29). The van der Waals surface area contributed by atoms with Gasteiger partial charge in [-0.05, 0) is 60.5 Å². The van der Waals surface area contributed by atoms with Crippen molar-refractivity contribution < 1.29 is 17.5 Å². The first-order valence-corrected chi connectivity index (χ1v) is 11.6. The number of primary sulfonamides is 1. The topological polar surface area (TPSA) is 93.5 Å². The number of nitrogens with two attached hydrogens (primary N) is 1. The quantitative estimate of drug-likeness (QED) is 0.380. The SMILES string of the molecule is CCCCNc1cc(CNc2ccc(F)cc2)cc(S(N)(=O)=O)c1Oc1ccccc1. The molecule has 164 valence electrons. The number of nitrogens with one attached hydrogen (secondary N) is 2. The average molecular weight is 444 g/mol. The van der Waals surface area contributed by atoms with Crippen molar-refractivity contribution in [1.29, 1.82) is 0 Å². The smallest absolute Gasteiger partial charge is 0.241 e. The van der Waals surface area contributed by atoms with Crippen LogP contribution in [0.4, 0.5) is 15.8 Å². The highest BCUT2D eigenvalue weighted by Gasteiger charge is 2.21. The molecule has 0 saturated carbocycles. The third-order valence-electron chi connectivity index (χ3n) is 4.57. The third-order valence-corrected chi connectivity index (χ3v) is 5.49. The number of benzene rings is 3. The summed E-state index contributed by atoms with van der Waals surface area (Å²) in [4.78, 5) is -0.103. The molecular weight excluding hydrogens is 417 g/mol. The van der Waals surface area contributed by atoms with Gasteiger partial charge in [0, 0.05) is 18.8 Å². The summed E-state index contributed by atoms with van der Waals surface area (Å²) < 4.78 is 43.9. The minimum Gasteiger partial charge on any atom is -0.454 e. The minimum absolute atomic E-state index is 0.103. The zero-order chi connectivity index (χ0) is 22.3. The van der Waals surface area contributed by atoms with E-state index in [-0.39, 0.29) is 16.5 Å². The number of anilines is 2. The summed E-state index contributed by atoms with van der Waals surface area (Å²) >= 11 is 0. The van der Waals surface area contributed by atoms with Gasteiger partial charge in [0.25, 0.3) is 0 Å². The van der Waals surface area contributed by atoms with Gasteiger partial charge in [-0.25, -0.2) is 17.9 Å². The molecule has 0 heterocycles. The number of hydrogen-bond acceptors (Lipinski definition) is 5. The van der Waals surface area contributed by atoms with Crippen LogP contribution in [0.1, 0.15) is 25.3 Å². The largest absolute Gasteiger partial charge is 0.454 e. The molecule has 8 heteroatoms. The van der Waals surface area contributed by atoms with Gasteiger partial charge in [0.1, 0.15) is 16.5 Å². The fraction of sp³-hybridized carbons (Fsp3) is 0.217. The average Bonchev–Trinajstić information content (AvgIpc) is 2.74. The Balaban J connectivity index is 1.97. The van der Waals surface area contributed by atoms with E-state index in [1.54, 1.807) is 36.4 Å². The van der Waals surface area contributed by atoms with Gasteiger partial charge < -0.3 is 15.4 Å². The van der Waals surface area contributed by atoms with Crippen molar-refractivity contribution in [3.63, 3.8) is 0 Å². The summed E-state index contributed by atoms with van der Waals surface area (Å²) in [5.41, 5.74) is 1.94. The number of halogens is 1.